The summed E-state index contributed by atoms with van der Waals surface area (Å²) >= 11 is 0. The number of aliphatic carboxylic acids is 1. The number of hydrogen-bond donors (Lipinski definition) is 2. The van der Waals surface area contributed by atoms with Gasteiger partial charge in [0.1, 0.15) is 0 Å². The molecule has 5 nitrogen and oxygen atoms in total. The van der Waals surface area contributed by atoms with Crippen LogP contribution in [0.3, 0.4) is 0 Å². The summed E-state index contributed by atoms with van der Waals surface area (Å²) in [6, 6.07) is 20.7. The van der Waals surface area contributed by atoms with E-state index < -0.39 is 12.1 Å². The van der Waals surface area contributed by atoms with Crippen molar-refractivity contribution in [1.29, 1.82) is 0 Å². The summed E-state index contributed by atoms with van der Waals surface area (Å²) < 4.78 is 31.7. The average Bonchev–Trinajstić information content (AvgIpc) is 3.09. The number of amides is 1. The van der Waals surface area contributed by atoms with Gasteiger partial charge in [0.2, 0.25) is 5.91 Å². The molecule has 1 unspecified atom stereocenters. The Labute approximate surface area is 167 Å². The molecule has 1 aliphatic rings. The van der Waals surface area contributed by atoms with Crippen molar-refractivity contribution in [1.82, 2.24) is 10.2 Å². The van der Waals surface area contributed by atoms with Gasteiger partial charge in [-0.1, -0.05) is 60.7 Å². The molecular weight excluding hydrogens is 385 g/mol. The third-order valence-electron chi connectivity index (χ3n) is 4.34. The second kappa shape index (κ2) is 10.6. The number of nitrogens with one attached hydrogen (secondary N) is 1. The summed E-state index contributed by atoms with van der Waals surface area (Å²) in [4.78, 5) is 23.4. The Hall–Kier alpha value is -2.87. The smallest absolute Gasteiger partial charge is 0.475 e. The Morgan fingerprint density at radius 3 is 2.03 bits per heavy atom. The molecule has 0 aromatic heterocycles. The predicted molar refractivity (Wildman–Crippen MR) is 102 cm³/mol. The Bertz CT molecular complexity index is 783. The topological polar surface area (TPSA) is 69.6 Å². The lowest BCUT2D eigenvalue weighted by atomic mass is 10.1. The molecule has 2 aromatic rings. The maximum Gasteiger partial charge on any atom is 0.490 e. The monoisotopic (exact) mass is 408 g/mol. The van der Waals surface area contributed by atoms with Crippen molar-refractivity contribution in [2.24, 2.45) is 0 Å². The number of nitrogens with zero attached hydrogens (tertiary/aromatic N) is 1. The molecule has 2 N–H and O–H groups in total. The van der Waals surface area contributed by atoms with Gasteiger partial charge in [-0.25, -0.2) is 4.79 Å². The summed E-state index contributed by atoms with van der Waals surface area (Å²) in [5, 5.41) is 10.3. The van der Waals surface area contributed by atoms with Crippen molar-refractivity contribution >= 4 is 11.9 Å². The number of alkyl halides is 3. The molecule has 29 heavy (non-hydrogen) atoms. The van der Waals surface area contributed by atoms with E-state index in [0.29, 0.717) is 6.42 Å². The third-order valence-corrected chi connectivity index (χ3v) is 4.34. The number of carbonyl (C=O) groups is 2. The first kappa shape index (κ1) is 22.4. The van der Waals surface area contributed by atoms with Crippen molar-refractivity contribution in [3.05, 3.63) is 71.8 Å². The van der Waals surface area contributed by atoms with Crippen LogP contribution in [0.1, 0.15) is 17.5 Å². The third kappa shape index (κ3) is 8.35. The zero-order valence-corrected chi connectivity index (χ0v) is 15.7. The van der Waals surface area contributed by atoms with Crippen LogP contribution in [-0.4, -0.2) is 47.2 Å². The van der Waals surface area contributed by atoms with Gasteiger partial charge >= 0.3 is 12.1 Å². The molecule has 0 spiro atoms. The van der Waals surface area contributed by atoms with E-state index in [1.54, 1.807) is 0 Å². The van der Waals surface area contributed by atoms with Gasteiger partial charge in [-0.15, -0.1) is 0 Å². The summed E-state index contributed by atoms with van der Waals surface area (Å²) in [5.41, 5.74) is 2.40. The van der Waals surface area contributed by atoms with Crippen LogP contribution >= 0.6 is 0 Å². The summed E-state index contributed by atoms with van der Waals surface area (Å²) in [6.07, 6.45) is -3.58. The Morgan fingerprint density at radius 1 is 1.00 bits per heavy atom. The van der Waals surface area contributed by atoms with E-state index in [2.05, 4.69) is 34.5 Å². The fourth-order valence-electron chi connectivity index (χ4n) is 3.00. The van der Waals surface area contributed by atoms with E-state index in [1.165, 1.54) is 5.56 Å². The van der Waals surface area contributed by atoms with Crippen molar-refractivity contribution in [3.63, 3.8) is 0 Å². The first-order valence-electron chi connectivity index (χ1n) is 9.13. The highest BCUT2D eigenvalue weighted by Gasteiger charge is 2.38. The minimum absolute atomic E-state index is 0.123. The SMILES string of the molecule is O=C(Cc1ccccc1)NC1CCN(Cc2ccccc2)C1.O=C(O)C(F)(F)F. The molecule has 8 heteroatoms. The molecule has 3 rings (SSSR count). The number of halogens is 3. The summed E-state index contributed by atoms with van der Waals surface area (Å²) in [7, 11) is 0. The largest absolute Gasteiger partial charge is 0.490 e. The molecule has 156 valence electrons. The van der Waals surface area contributed by atoms with Crippen molar-refractivity contribution in [2.45, 2.75) is 31.6 Å². The quantitative estimate of drug-likeness (QED) is 0.797. The van der Waals surface area contributed by atoms with E-state index in [9.17, 15) is 18.0 Å². The van der Waals surface area contributed by atoms with Gasteiger partial charge in [0.15, 0.2) is 0 Å². The second-order valence-electron chi connectivity index (χ2n) is 6.74. The molecule has 1 amide bonds. The van der Waals surface area contributed by atoms with Crippen LogP contribution in [0.15, 0.2) is 60.7 Å². The first-order valence-corrected chi connectivity index (χ1v) is 9.13. The van der Waals surface area contributed by atoms with Gasteiger partial charge in [-0.3, -0.25) is 9.69 Å². The highest BCUT2D eigenvalue weighted by molar-refractivity contribution is 5.78. The Morgan fingerprint density at radius 2 is 1.52 bits per heavy atom. The lowest BCUT2D eigenvalue weighted by molar-refractivity contribution is -0.192. The molecule has 1 saturated heterocycles. The van der Waals surface area contributed by atoms with E-state index in [-0.39, 0.29) is 11.9 Å². The molecule has 0 aliphatic carbocycles. The van der Waals surface area contributed by atoms with E-state index in [1.807, 2.05) is 36.4 Å². The summed E-state index contributed by atoms with van der Waals surface area (Å²) in [5.74, 6) is -2.63. The number of carboxylic acid groups (broad SMARTS) is 1. The number of likely N-dealkylation sites (tertiary alicyclic amines) is 1. The highest BCUT2D eigenvalue weighted by atomic mass is 19.4. The van der Waals surface area contributed by atoms with Gasteiger partial charge in [-0.2, -0.15) is 13.2 Å². The molecule has 0 radical (unpaired) electrons. The fraction of sp³-hybridized carbons (Fsp3) is 0.333. The minimum Gasteiger partial charge on any atom is -0.475 e. The lowest BCUT2D eigenvalue weighted by Gasteiger charge is -2.16. The number of carboxylic acids is 1. The predicted octanol–water partition coefficient (Wildman–Crippen LogP) is 3.25. The first-order chi connectivity index (χ1) is 13.7. The van der Waals surface area contributed by atoms with Gasteiger partial charge < -0.3 is 10.4 Å². The normalized spacial score (nSPS) is 16.6. The van der Waals surface area contributed by atoms with Gasteiger partial charge in [-0.05, 0) is 17.5 Å². The maximum absolute atomic E-state index is 12.1. The molecule has 0 bridgehead atoms. The maximum atomic E-state index is 12.1. The minimum atomic E-state index is -5.08. The van der Waals surface area contributed by atoms with Crippen LogP contribution < -0.4 is 5.32 Å². The van der Waals surface area contributed by atoms with Crippen LogP contribution in [-0.2, 0) is 22.6 Å². The molecule has 2 aromatic carbocycles. The zero-order chi connectivity index (χ0) is 21.3. The van der Waals surface area contributed by atoms with E-state index in [4.69, 9.17) is 9.90 Å². The Balaban J connectivity index is 0.000000370. The standard InChI is InChI=1S/C19H22N2O.C2HF3O2/c22-19(13-16-7-3-1-4-8-16)20-18-11-12-21(15-18)14-17-9-5-2-6-10-17;3-2(4,5)1(6)7/h1-10,18H,11-15H2,(H,20,22);(H,6,7). The number of carbonyl (C=O) groups excluding carboxylic acids is 1. The molecule has 0 saturated carbocycles. The summed E-state index contributed by atoms with van der Waals surface area (Å²) in [6.45, 7) is 2.95. The molecular formula is C21H23F3N2O3. The molecule has 1 fully saturated rings. The lowest BCUT2D eigenvalue weighted by Crippen LogP contribution is -2.37. The van der Waals surface area contributed by atoms with Crippen LogP contribution in [0.25, 0.3) is 0 Å². The zero-order valence-electron chi connectivity index (χ0n) is 15.7. The molecule has 1 atom stereocenters. The van der Waals surface area contributed by atoms with E-state index in [0.717, 1.165) is 31.6 Å². The highest BCUT2D eigenvalue weighted by Crippen LogP contribution is 2.14. The van der Waals surface area contributed by atoms with Crippen LogP contribution in [0, 0.1) is 0 Å². The van der Waals surface area contributed by atoms with Crippen molar-refractivity contribution < 1.29 is 27.9 Å². The molecule has 1 heterocycles. The van der Waals surface area contributed by atoms with Gasteiger partial charge in [0.05, 0.1) is 6.42 Å². The van der Waals surface area contributed by atoms with Gasteiger partial charge in [0.25, 0.3) is 0 Å². The number of benzene rings is 2. The number of rotatable bonds is 5. The molecule has 1 aliphatic heterocycles. The Kier molecular flexibility index (Phi) is 8.21. The van der Waals surface area contributed by atoms with Crippen LogP contribution in [0.5, 0.6) is 0 Å². The fourth-order valence-corrected chi connectivity index (χ4v) is 3.00. The van der Waals surface area contributed by atoms with E-state index >= 15 is 0 Å². The van der Waals surface area contributed by atoms with Gasteiger partial charge in [0, 0.05) is 25.7 Å². The number of hydrogen-bond acceptors (Lipinski definition) is 3. The van der Waals surface area contributed by atoms with Crippen LogP contribution in [0.2, 0.25) is 0 Å². The average molecular weight is 408 g/mol. The second-order valence-corrected chi connectivity index (χ2v) is 6.74. The van der Waals surface area contributed by atoms with Crippen LogP contribution in [0.4, 0.5) is 13.2 Å². The van der Waals surface area contributed by atoms with Crippen molar-refractivity contribution in [2.75, 3.05) is 13.1 Å². The van der Waals surface area contributed by atoms with Crippen molar-refractivity contribution in [3.8, 4) is 0 Å².